The SMILES string of the molecule is Cc1c(C(=O)OC(C)C)sc(NC(=O)[C@@H](C)n2nc(C(F)(F)F)c(Br)c2C)c1C#N. The number of amides is 1. The fourth-order valence-electron chi connectivity index (χ4n) is 2.58. The van der Waals surface area contributed by atoms with Gasteiger partial charge in [-0.3, -0.25) is 9.48 Å². The Bertz CT molecular complexity index is 1040. The fraction of sp³-hybridized carbons (Fsp3) is 0.444. The van der Waals surface area contributed by atoms with Crippen molar-refractivity contribution in [3.8, 4) is 6.07 Å². The number of carbonyl (C=O) groups is 2. The topological polar surface area (TPSA) is 97.0 Å². The molecule has 30 heavy (non-hydrogen) atoms. The van der Waals surface area contributed by atoms with Crippen LogP contribution in [-0.2, 0) is 15.7 Å². The maximum atomic E-state index is 13.1. The van der Waals surface area contributed by atoms with Crippen LogP contribution >= 0.6 is 27.3 Å². The lowest BCUT2D eigenvalue weighted by Crippen LogP contribution is -2.25. The van der Waals surface area contributed by atoms with Gasteiger partial charge in [0, 0.05) is 0 Å². The van der Waals surface area contributed by atoms with Gasteiger partial charge in [0.15, 0.2) is 5.69 Å². The minimum absolute atomic E-state index is 0.0885. The Morgan fingerprint density at radius 3 is 2.37 bits per heavy atom. The average Bonchev–Trinajstić information content (AvgIpc) is 3.10. The highest BCUT2D eigenvalue weighted by molar-refractivity contribution is 9.10. The number of thiophene rings is 1. The molecule has 7 nitrogen and oxygen atoms in total. The molecular formula is C18H18BrF3N4O3S. The van der Waals surface area contributed by atoms with Gasteiger partial charge in [0.05, 0.1) is 21.8 Å². The van der Waals surface area contributed by atoms with Gasteiger partial charge >= 0.3 is 12.1 Å². The average molecular weight is 507 g/mol. The number of nitrogens with one attached hydrogen (secondary N) is 1. The molecule has 0 saturated carbocycles. The molecule has 12 heteroatoms. The van der Waals surface area contributed by atoms with Crippen molar-refractivity contribution in [2.24, 2.45) is 0 Å². The number of nitriles is 1. The lowest BCUT2D eigenvalue weighted by Gasteiger charge is -2.14. The van der Waals surface area contributed by atoms with E-state index >= 15 is 0 Å². The number of hydrogen-bond acceptors (Lipinski definition) is 6. The van der Waals surface area contributed by atoms with Gasteiger partial charge in [-0.05, 0) is 56.1 Å². The van der Waals surface area contributed by atoms with Gasteiger partial charge in [-0.15, -0.1) is 11.3 Å². The first-order valence-electron chi connectivity index (χ1n) is 8.66. The van der Waals surface area contributed by atoms with E-state index in [0.717, 1.165) is 16.0 Å². The van der Waals surface area contributed by atoms with Crippen molar-refractivity contribution in [2.45, 2.75) is 52.9 Å². The molecule has 0 radical (unpaired) electrons. The first kappa shape index (κ1) is 23.9. The highest BCUT2D eigenvalue weighted by atomic mass is 79.9. The number of rotatable bonds is 5. The van der Waals surface area contributed by atoms with Crippen LogP contribution in [-0.4, -0.2) is 27.8 Å². The molecule has 2 rings (SSSR count). The summed E-state index contributed by atoms with van der Waals surface area (Å²) >= 11 is 3.74. The molecule has 0 aromatic carbocycles. The lowest BCUT2D eigenvalue weighted by atomic mass is 10.1. The molecule has 1 N–H and O–H groups in total. The van der Waals surface area contributed by atoms with E-state index in [1.807, 2.05) is 6.07 Å². The first-order valence-corrected chi connectivity index (χ1v) is 10.3. The molecule has 162 valence electrons. The number of nitrogens with zero attached hydrogens (tertiary/aromatic N) is 3. The van der Waals surface area contributed by atoms with E-state index in [-0.39, 0.29) is 31.7 Å². The standard InChI is InChI=1S/C18H18BrF3N4O3S/c1-7(2)29-17(28)13-8(3)11(6-23)16(30-13)24-15(27)10(5)26-9(4)12(19)14(25-26)18(20,21)22/h7,10H,1-5H3,(H,24,27)/t10-/m1/s1. The Morgan fingerprint density at radius 2 is 1.90 bits per heavy atom. The Hall–Kier alpha value is -2.39. The molecule has 0 aliphatic heterocycles. The second-order valence-electron chi connectivity index (χ2n) is 6.68. The molecule has 0 aliphatic carbocycles. The highest BCUT2D eigenvalue weighted by Gasteiger charge is 2.39. The van der Waals surface area contributed by atoms with Gasteiger partial charge in [0.1, 0.15) is 22.0 Å². The van der Waals surface area contributed by atoms with E-state index in [9.17, 15) is 28.0 Å². The molecule has 0 spiro atoms. The molecule has 2 aromatic heterocycles. The number of halogens is 4. The summed E-state index contributed by atoms with van der Waals surface area (Å²) in [5, 5.41) is 15.6. The third kappa shape index (κ3) is 4.67. The maximum Gasteiger partial charge on any atom is 0.436 e. The Balaban J connectivity index is 2.35. The molecule has 0 fully saturated rings. The van der Waals surface area contributed by atoms with Crippen molar-refractivity contribution in [1.82, 2.24) is 9.78 Å². The number of esters is 1. The third-order valence-corrected chi connectivity index (χ3v) is 6.25. The van der Waals surface area contributed by atoms with Crippen LogP contribution in [0.1, 0.15) is 59.0 Å². The maximum absolute atomic E-state index is 13.1. The normalized spacial score (nSPS) is 12.6. The van der Waals surface area contributed by atoms with Crippen molar-refractivity contribution < 1.29 is 27.5 Å². The third-order valence-electron chi connectivity index (χ3n) is 4.12. The van der Waals surface area contributed by atoms with Gasteiger partial charge in [0.25, 0.3) is 0 Å². The van der Waals surface area contributed by atoms with Crippen molar-refractivity contribution >= 4 is 44.1 Å². The van der Waals surface area contributed by atoms with E-state index in [0.29, 0.717) is 5.56 Å². The van der Waals surface area contributed by atoms with Gasteiger partial charge in [-0.2, -0.15) is 23.5 Å². The van der Waals surface area contributed by atoms with Gasteiger partial charge in [0.2, 0.25) is 5.91 Å². The van der Waals surface area contributed by atoms with Crippen molar-refractivity contribution in [3.05, 3.63) is 31.9 Å². The molecule has 0 unspecified atom stereocenters. The monoisotopic (exact) mass is 506 g/mol. The summed E-state index contributed by atoms with van der Waals surface area (Å²) in [6, 6.07) is 0.817. The van der Waals surface area contributed by atoms with E-state index in [2.05, 4.69) is 26.3 Å². The molecule has 0 aliphatic rings. The summed E-state index contributed by atoms with van der Waals surface area (Å²) in [5.41, 5.74) is -0.573. The summed E-state index contributed by atoms with van der Waals surface area (Å²) in [6.07, 6.45) is -5.05. The molecule has 0 saturated heterocycles. The van der Waals surface area contributed by atoms with E-state index in [1.54, 1.807) is 20.8 Å². The number of carbonyl (C=O) groups excluding carboxylic acids is 2. The van der Waals surface area contributed by atoms with Crippen LogP contribution < -0.4 is 5.32 Å². The minimum atomic E-state index is -4.68. The second-order valence-corrected chi connectivity index (χ2v) is 8.50. The zero-order valence-corrected chi connectivity index (χ0v) is 19.0. The number of anilines is 1. The smallest absolute Gasteiger partial charge is 0.436 e. The molecule has 2 aromatic rings. The van der Waals surface area contributed by atoms with Gasteiger partial charge in [-0.25, -0.2) is 4.79 Å². The van der Waals surface area contributed by atoms with Crippen molar-refractivity contribution in [2.75, 3.05) is 5.32 Å². The van der Waals surface area contributed by atoms with Crippen LogP contribution in [0.15, 0.2) is 4.47 Å². The Kier molecular flexibility index (Phi) is 6.98. The quantitative estimate of drug-likeness (QED) is 0.576. The van der Waals surface area contributed by atoms with Crippen molar-refractivity contribution in [3.63, 3.8) is 0 Å². The number of aromatic nitrogens is 2. The van der Waals surface area contributed by atoms with Crippen LogP contribution in [0.4, 0.5) is 18.2 Å². The molecule has 0 bridgehead atoms. The van der Waals surface area contributed by atoms with Crippen LogP contribution in [0.2, 0.25) is 0 Å². The predicted octanol–water partition coefficient (Wildman–Crippen LogP) is 4.98. The summed E-state index contributed by atoms with van der Waals surface area (Å²) in [7, 11) is 0. The van der Waals surface area contributed by atoms with E-state index in [1.165, 1.54) is 13.8 Å². The summed E-state index contributed by atoms with van der Waals surface area (Å²) in [4.78, 5) is 25.1. The molecule has 2 heterocycles. The Morgan fingerprint density at radius 1 is 1.30 bits per heavy atom. The zero-order chi connectivity index (χ0) is 23.0. The predicted molar refractivity (Wildman–Crippen MR) is 107 cm³/mol. The van der Waals surface area contributed by atoms with Crippen LogP contribution in [0.25, 0.3) is 0 Å². The summed E-state index contributed by atoms with van der Waals surface area (Å²) in [6.45, 7) is 7.68. The summed E-state index contributed by atoms with van der Waals surface area (Å²) < 4.78 is 45.1. The first-order chi connectivity index (χ1) is 13.8. The number of alkyl halides is 3. The van der Waals surface area contributed by atoms with E-state index < -0.39 is 29.8 Å². The largest absolute Gasteiger partial charge is 0.459 e. The van der Waals surface area contributed by atoms with Gasteiger partial charge in [-0.1, -0.05) is 0 Å². The number of hydrogen-bond donors (Lipinski definition) is 1. The Labute approximate surface area is 182 Å². The number of ether oxygens (including phenoxy) is 1. The fourth-order valence-corrected chi connectivity index (χ4v) is 4.11. The molecule has 1 atom stereocenters. The molecule has 1 amide bonds. The van der Waals surface area contributed by atoms with Crippen LogP contribution in [0.5, 0.6) is 0 Å². The highest BCUT2D eigenvalue weighted by Crippen LogP contribution is 2.37. The summed E-state index contributed by atoms with van der Waals surface area (Å²) in [5.74, 6) is -1.32. The zero-order valence-electron chi connectivity index (χ0n) is 16.6. The van der Waals surface area contributed by atoms with Crippen LogP contribution in [0.3, 0.4) is 0 Å². The van der Waals surface area contributed by atoms with Crippen LogP contribution in [0, 0.1) is 25.2 Å². The van der Waals surface area contributed by atoms with Crippen molar-refractivity contribution in [1.29, 1.82) is 5.26 Å². The minimum Gasteiger partial charge on any atom is -0.459 e. The van der Waals surface area contributed by atoms with E-state index in [4.69, 9.17) is 4.74 Å². The van der Waals surface area contributed by atoms with Gasteiger partial charge < -0.3 is 10.1 Å². The molecular weight excluding hydrogens is 489 g/mol. The lowest BCUT2D eigenvalue weighted by molar-refractivity contribution is -0.142. The second kappa shape index (κ2) is 8.77.